The molecule has 0 radical (unpaired) electrons. The Hall–Kier alpha value is -2.80. The Balaban J connectivity index is 2.17. The Labute approximate surface area is 118 Å². The van der Waals surface area contributed by atoms with E-state index < -0.39 is 0 Å². The molecule has 0 aromatic heterocycles. The van der Waals surface area contributed by atoms with Gasteiger partial charge in [-0.25, -0.2) is 0 Å². The first-order valence-corrected chi connectivity index (χ1v) is 6.21. The van der Waals surface area contributed by atoms with E-state index >= 15 is 0 Å². The zero-order valence-electron chi connectivity index (χ0n) is 11.2. The second-order valence-corrected chi connectivity index (χ2v) is 4.55. The Morgan fingerprint density at radius 2 is 2.00 bits per heavy atom. The number of nitrogens with zero attached hydrogens (tertiary/aromatic N) is 2. The van der Waals surface area contributed by atoms with Crippen molar-refractivity contribution >= 4 is 11.6 Å². The average Bonchev–Trinajstić information content (AvgIpc) is 2.48. The van der Waals surface area contributed by atoms with Gasteiger partial charge >= 0.3 is 0 Å². The van der Waals surface area contributed by atoms with Crippen molar-refractivity contribution in [2.45, 2.75) is 6.54 Å². The molecule has 0 saturated carbocycles. The molecule has 0 saturated heterocycles. The van der Waals surface area contributed by atoms with Crippen LogP contribution in [0.2, 0.25) is 0 Å². The van der Waals surface area contributed by atoms with Gasteiger partial charge in [-0.05, 0) is 29.8 Å². The highest BCUT2D eigenvalue weighted by Gasteiger charge is 2.13. The number of hydrogen-bond acceptors (Lipinski definition) is 3. The number of para-hydroxylation sites is 1. The van der Waals surface area contributed by atoms with Crippen LogP contribution in [0, 0.1) is 11.3 Å². The number of carbonyl (C=O) groups is 1. The first-order valence-electron chi connectivity index (χ1n) is 6.21. The quantitative estimate of drug-likeness (QED) is 0.866. The lowest BCUT2D eigenvalue weighted by Crippen LogP contribution is -2.26. The van der Waals surface area contributed by atoms with Crippen molar-refractivity contribution in [1.29, 1.82) is 5.26 Å². The first kappa shape index (κ1) is 13.6. The summed E-state index contributed by atoms with van der Waals surface area (Å²) in [5.41, 5.74) is 8.42. The largest absolute Gasteiger partial charge is 0.398 e. The van der Waals surface area contributed by atoms with Crippen LogP contribution < -0.4 is 5.73 Å². The summed E-state index contributed by atoms with van der Waals surface area (Å²) in [5.74, 6) is -0.134. The van der Waals surface area contributed by atoms with Crippen molar-refractivity contribution in [3.63, 3.8) is 0 Å². The van der Waals surface area contributed by atoms with Crippen molar-refractivity contribution in [2.24, 2.45) is 0 Å². The molecule has 2 aromatic rings. The summed E-state index contributed by atoms with van der Waals surface area (Å²) >= 11 is 0. The van der Waals surface area contributed by atoms with Gasteiger partial charge in [0.2, 0.25) is 0 Å². The van der Waals surface area contributed by atoms with E-state index in [0.717, 1.165) is 5.56 Å². The van der Waals surface area contributed by atoms with Gasteiger partial charge in [-0.2, -0.15) is 5.26 Å². The molecule has 0 spiro atoms. The number of benzene rings is 2. The molecule has 0 bridgehead atoms. The molecule has 0 unspecified atom stereocenters. The van der Waals surface area contributed by atoms with Gasteiger partial charge in [0, 0.05) is 24.8 Å². The zero-order valence-corrected chi connectivity index (χ0v) is 11.2. The molecule has 2 rings (SSSR count). The van der Waals surface area contributed by atoms with Crippen molar-refractivity contribution in [3.8, 4) is 6.07 Å². The molecular weight excluding hydrogens is 250 g/mol. The molecule has 0 atom stereocenters. The molecule has 2 N–H and O–H groups in total. The minimum absolute atomic E-state index is 0.134. The molecule has 0 aliphatic heterocycles. The third-order valence-electron chi connectivity index (χ3n) is 3.05. The van der Waals surface area contributed by atoms with Gasteiger partial charge in [-0.3, -0.25) is 4.79 Å². The normalized spacial score (nSPS) is 9.80. The smallest absolute Gasteiger partial charge is 0.253 e. The van der Waals surface area contributed by atoms with E-state index in [-0.39, 0.29) is 5.91 Å². The highest BCUT2D eigenvalue weighted by Crippen LogP contribution is 2.14. The minimum atomic E-state index is -0.134. The third-order valence-corrected chi connectivity index (χ3v) is 3.05. The molecular formula is C16H15N3O. The summed E-state index contributed by atoms with van der Waals surface area (Å²) in [7, 11) is 1.72. The second-order valence-electron chi connectivity index (χ2n) is 4.55. The lowest BCUT2D eigenvalue weighted by molar-refractivity contribution is 0.0785. The summed E-state index contributed by atoms with van der Waals surface area (Å²) in [6, 6.07) is 16.2. The fourth-order valence-electron chi connectivity index (χ4n) is 1.95. The van der Waals surface area contributed by atoms with Crippen LogP contribution in [0.3, 0.4) is 0 Å². The molecule has 100 valence electrons. The Kier molecular flexibility index (Phi) is 4.02. The fourth-order valence-corrected chi connectivity index (χ4v) is 1.95. The van der Waals surface area contributed by atoms with E-state index in [1.54, 1.807) is 36.2 Å². The molecule has 1 amide bonds. The molecule has 0 aliphatic rings. The molecule has 4 nitrogen and oxygen atoms in total. The van der Waals surface area contributed by atoms with Crippen LogP contribution in [-0.4, -0.2) is 17.9 Å². The van der Waals surface area contributed by atoms with Crippen LogP contribution in [0.15, 0.2) is 48.5 Å². The van der Waals surface area contributed by atoms with E-state index in [1.165, 1.54) is 0 Å². The van der Waals surface area contributed by atoms with Gasteiger partial charge in [0.05, 0.1) is 11.6 Å². The monoisotopic (exact) mass is 265 g/mol. The fraction of sp³-hybridized carbons (Fsp3) is 0.125. The Morgan fingerprint density at radius 3 is 2.70 bits per heavy atom. The molecule has 0 fully saturated rings. The van der Waals surface area contributed by atoms with E-state index in [0.29, 0.717) is 23.4 Å². The first-order chi connectivity index (χ1) is 9.61. The highest BCUT2D eigenvalue weighted by molar-refractivity contribution is 5.94. The van der Waals surface area contributed by atoms with Crippen molar-refractivity contribution < 1.29 is 4.79 Å². The summed E-state index contributed by atoms with van der Waals surface area (Å²) in [6.07, 6.45) is 0. The molecule has 0 heterocycles. The third kappa shape index (κ3) is 2.96. The predicted molar refractivity (Wildman–Crippen MR) is 77.8 cm³/mol. The van der Waals surface area contributed by atoms with Crippen molar-refractivity contribution in [3.05, 3.63) is 65.2 Å². The van der Waals surface area contributed by atoms with E-state index in [4.69, 9.17) is 11.0 Å². The van der Waals surface area contributed by atoms with Crippen LogP contribution in [-0.2, 0) is 6.54 Å². The van der Waals surface area contributed by atoms with Gasteiger partial charge in [0.1, 0.15) is 0 Å². The van der Waals surface area contributed by atoms with Gasteiger partial charge in [-0.15, -0.1) is 0 Å². The topological polar surface area (TPSA) is 70.1 Å². The van der Waals surface area contributed by atoms with Gasteiger partial charge < -0.3 is 10.6 Å². The van der Waals surface area contributed by atoms with Gasteiger partial charge in [0.15, 0.2) is 0 Å². The van der Waals surface area contributed by atoms with E-state index in [2.05, 4.69) is 0 Å². The summed E-state index contributed by atoms with van der Waals surface area (Å²) in [4.78, 5) is 13.9. The number of nitriles is 1. The number of nitrogen functional groups attached to an aromatic ring is 1. The molecule has 20 heavy (non-hydrogen) atoms. The number of rotatable bonds is 3. The maximum Gasteiger partial charge on any atom is 0.253 e. The zero-order chi connectivity index (χ0) is 14.5. The van der Waals surface area contributed by atoms with Crippen LogP contribution >= 0.6 is 0 Å². The number of hydrogen-bond donors (Lipinski definition) is 1. The molecule has 4 heteroatoms. The number of amides is 1. The van der Waals surface area contributed by atoms with Crippen LogP contribution in [0.1, 0.15) is 21.5 Å². The lowest BCUT2D eigenvalue weighted by atomic mass is 10.1. The molecule has 2 aromatic carbocycles. The van der Waals surface area contributed by atoms with E-state index in [9.17, 15) is 4.79 Å². The lowest BCUT2D eigenvalue weighted by Gasteiger charge is -2.18. The predicted octanol–water partition coefficient (Wildman–Crippen LogP) is 2.41. The second kappa shape index (κ2) is 5.89. The van der Waals surface area contributed by atoms with Crippen LogP contribution in [0.5, 0.6) is 0 Å². The van der Waals surface area contributed by atoms with E-state index in [1.807, 2.05) is 30.3 Å². The molecule has 0 aliphatic carbocycles. The van der Waals surface area contributed by atoms with Crippen molar-refractivity contribution in [2.75, 3.05) is 12.8 Å². The number of anilines is 1. The Morgan fingerprint density at radius 1 is 1.25 bits per heavy atom. The van der Waals surface area contributed by atoms with Crippen molar-refractivity contribution in [1.82, 2.24) is 4.90 Å². The van der Waals surface area contributed by atoms with Gasteiger partial charge in [0.25, 0.3) is 5.91 Å². The van der Waals surface area contributed by atoms with Gasteiger partial charge in [-0.1, -0.05) is 24.3 Å². The summed E-state index contributed by atoms with van der Waals surface area (Å²) in [6.45, 7) is 0.433. The maximum atomic E-state index is 12.3. The summed E-state index contributed by atoms with van der Waals surface area (Å²) < 4.78 is 0. The van der Waals surface area contributed by atoms with Crippen LogP contribution in [0.4, 0.5) is 5.69 Å². The standard InChI is InChI=1S/C16H15N3O/c1-19(11-14-6-2-3-8-15(14)18)16(20)13-7-4-5-12(9-13)10-17/h2-9H,11,18H2,1H3. The minimum Gasteiger partial charge on any atom is -0.398 e. The number of carbonyl (C=O) groups excluding carboxylic acids is 1. The summed E-state index contributed by atoms with van der Waals surface area (Å²) in [5, 5.41) is 8.86. The van der Waals surface area contributed by atoms with Crippen LogP contribution in [0.25, 0.3) is 0 Å². The SMILES string of the molecule is CN(Cc1ccccc1N)C(=O)c1cccc(C#N)c1. The highest BCUT2D eigenvalue weighted by atomic mass is 16.2. The average molecular weight is 265 g/mol. The number of nitrogens with two attached hydrogens (primary N) is 1. The Bertz CT molecular complexity index is 673. The maximum absolute atomic E-state index is 12.3.